The van der Waals surface area contributed by atoms with Gasteiger partial charge in [-0.3, -0.25) is 4.90 Å². The molecule has 0 unspecified atom stereocenters. The molecule has 1 aromatic carbocycles. The quantitative estimate of drug-likeness (QED) is 0.777. The van der Waals surface area contributed by atoms with Crippen LogP contribution in [-0.2, 0) is 13.2 Å². The molecule has 114 valence electrons. The zero-order valence-electron chi connectivity index (χ0n) is 12.3. The van der Waals surface area contributed by atoms with Gasteiger partial charge in [0.2, 0.25) is 0 Å². The van der Waals surface area contributed by atoms with E-state index >= 15 is 0 Å². The summed E-state index contributed by atoms with van der Waals surface area (Å²) in [6.45, 7) is 2.77. The average molecular weight is 297 g/mol. The number of nitrogens with one attached hydrogen (secondary N) is 1. The predicted octanol–water partition coefficient (Wildman–Crippen LogP) is 2.64. The standard InChI is InChI=1S/C17H19N3O2/c21-11-14-6-5-13(22-14)10-20-8-7-12(9-20)17-18-15-3-1-2-4-16(15)19-17/h1-6,12,21H,7-11H2,(H,18,19)/t12-/m0/s1. The van der Waals surface area contributed by atoms with Crippen molar-refractivity contribution in [1.29, 1.82) is 0 Å². The van der Waals surface area contributed by atoms with Gasteiger partial charge in [0.05, 0.1) is 17.6 Å². The van der Waals surface area contributed by atoms with Gasteiger partial charge >= 0.3 is 0 Å². The lowest BCUT2D eigenvalue weighted by Gasteiger charge is -2.13. The summed E-state index contributed by atoms with van der Waals surface area (Å²) in [6.07, 6.45) is 1.10. The van der Waals surface area contributed by atoms with Gasteiger partial charge in [-0.15, -0.1) is 0 Å². The number of para-hydroxylation sites is 2. The Labute approximate surface area is 128 Å². The summed E-state index contributed by atoms with van der Waals surface area (Å²) in [5.74, 6) is 3.07. The molecule has 0 radical (unpaired) electrons. The molecule has 5 heteroatoms. The number of aliphatic hydroxyl groups is 1. The van der Waals surface area contributed by atoms with Crippen molar-refractivity contribution in [2.24, 2.45) is 0 Å². The van der Waals surface area contributed by atoms with Crippen molar-refractivity contribution in [3.63, 3.8) is 0 Å². The minimum absolute atomic E-state index is 0.0401. The molecule has 5 nitrogen and oxygen atoms in total. The number of furan rings is 1. The lowest BCUT2D eigenvalue weighted by molar-refractivity contribution is 0.232. The Morgan fingerprint density at radius 1 is 1.23 bits per heavy atom. The lowest BCUT2D eigenvalue weighted by atomic mass is 10.1. The second-order valence-corrected chi connectivity index (χ2v) is 5.89. The number of nitrogens with zero attached hydrogens (tertiary/aromatic N) is 2. The first-order valence-electron chi connectivity index (χ1n) is 7.67. The molecular formula is C17H19N3O2. The summed E-state index contributed by atoms with van der Waals surface area (Å²) in [7, 11) is 0. The Hall–Kier alpha value is -2.11. The highest BCUT2D eigenvalue weighted by molar-refractivity contribution is 5.74. The van der Waals surface area contributed by atoms with E-state index in [1.807, 2.05) is 30.3 Å². The van der Waals surface area contributed by atoms with Crippen LogP contribution in [0, 0.1) is 0 Å². The number of benzene rings is 1. The zero-order valence-corrected chi connectivity index (χ0v) is 12.3. The number of aliphatic hydroxyl groups excluding tert-OH is 1. The molecule has 3 heterocycles. The topological polar surface area (TPSA) is 65.3 Å². The largest absolute Gasteiger partial charge is 0.462 e. The van der Waals surface area contributed by atoms with Gasteiger partial charge in [0.1, 0.15) is 24.0 Å². The second kappa shape index (κ2) is 5.59. The summed E-state index contributed by atoms with van der Waals surface area (Å²) in [5.41, 5.74) is 2.14. The number of rotatable bonds is 4. The van der Waals surface area contributed by atoms with Crippen molar-refractivity contribution in [1.82, 2.24) is 14.9 Å². The second-order valence-electron chi connectivity index (χ2n) is 5.89. The minimum atomic E-state index is -0.0401. The van der Waals surface area contributed by atoms with E-state index in [1.165, 1.54) is 0 Å². The SMILES string of the molecule is OCc1ccc(CN2CC[C@H](c3nc4ccccc4[nH]3)C2)o1. The van der Waals surface area contributed by atoms with Gasteiger partial charge in [0.15, 0.2) is 0 Å². The molecule has 1 fully saturated rings. The highest BCUT2D eigenvalue weighted by Gasteiger charge is 2.26. The van der Waals surface area contributed by atoms with E-state index in [4.69, 9.17) is 14.5 Å². The number of hydrogen-bond donors (Lipinski definition) is 2. The van der Waals surface area contributed by atoms with E-state index in [-0.39, 0.29) is 6.61 Å². The smallest absolute Gasteiger partial charge is 0.129 e. The van der Waals surface area contributed by atoms with E-state index in [9.17, 15) is 0 Å². The number of hydrogen-bond acceptors (Lipinski definition) is 4. The van der Waals surface area contributed by atoms with Crippen molar-refractivity contribution < 1.29 is 9.52 Å². The molecule has 2 aromatic heterocycles. The van der Waals surface area contributed by atoms with E-state index in [0.29, 0.717) is 11.7 Å². The molecule has 1 aliphatic rings. The average Bonchev–Trinajstić information content (AvgIpc) is 3.26. The highest BCUT2D eigenvalue weighted by Crippen LogP contribution is 2.28. The molecule has 1 aliphatic heterocycles. The van der Waals surface area contributed by atoms with Crippen molar-refractivity contribution in [3.05, 3.63) is 53.7 Å². The van der Waals surface area contributed by atoms with E-state index in [1.54, 1.807) is 0 Å². The third-order valence-corrected chi connectivity index (χ3v) is 4.32. The minimum Gasteiger partial charge on any atom is -0.462 e. The van der Waals surface area contributed by atoms with Crippen LogP contribution in [0.15, 0.2) is 40.8 Å². The van der Waals surface area contributed by atoms with Gasteiger partial charge in [-0.05, 0) is 37.2 Å². The van der Waals surface area contributed by atoms with Crippen LogP contribution in [0.2, 0.25) is 0 Å². The van der Waals surface area contributed by atoms with Crippen molar-refractivity contribution >= 4 is 11.0 Å². The molecule has 1 saturated heterocycles. The lowest BCUT2D eigenvalue weighted by Crippen LogP contribution is -2.19. The molecule has 4 rings (SSSR count). The number of H-pyrrole nitrogens is 1. The fraction of sp³-hybridized carbons (Fsp3) is 0.353. The van der Waals surface area contributed by atoms with Crippen LogP contribution in [-0.4, -0.2) is 33.1 Å². The molecule has 3 aromatic rings. The Kier molecular flexibility index (Phi) is 3.44. The van der Waals surface area contributed by atoms with E-state index in [2.05, 4.69) is 16.0 Å². The van der Waals surface area contributed by atoms with Crippen LogP contribution < -0.4 is 0 Å². The number of fused-ring (bicyclic) bond motifs is 1. The molecule has 0 spiro atoms. The third kappa shape index (κ3) is 2.53. The molecule has 2 N–H and O–H groups in total. The number of likely N-dealkylation sites (tertiary alicyclic amines) is 1. The number of imidazole rings is 1. The molecule has 0 amide bonds. The summed E-state index contributed by atoms with van der Waals surface area (Å²) in [5, 5.41) is 9.05. The van der Waals surface area contributed by atoms with Gasteiger partial charge in [0.25, 0.3) is 0 Å². The number of aromatic nitrogens is 2. The van der Waals surface area contributed by atoms with Gasteiger partial charge < -0.3 is 14.5 Å². The van der Waals surface area contributed by atoms with Crippen LogP contribution in [0.5, 0.6) is 0 Å². The summed E-state index contributed by atoms with van der Waals surface area (Å²) < 4.78 is 5.57. The summed E-state index contributed by atoms with van der Waals surface area (Å²) >= 11 is 0. The molecule has 22 heavy (non-hydrogen) atoms. The molecule has 1 atom stereocenters. The Morgan fingerprint density at radius 3 is 2.91 bits per heavy atom. The zero-order chi connectivity index (χ0) is 14.9. The Morgan fingerprint density at radius 2 is 2.09 bits per heavy atom. The maximum absolute atomic E-state index is 9.05. The molecule has 0 bridgehead atoms. The van der Waals surface area contributed by atoms with Crippen LogP contribution in [0.3, 0.4) is 0 Å². The normalized spacial score (nSPS) is 19.2. The van der Waals surface area contributed by atoms with E-state index in [0.717, 1.165) is 48.7 Å². The first kappa shape index (κ1) is 13.5. The number of aromatic amines is 1. The van der Waals surface area contributed by atoms with Gasteiger partial charge in [0, 0.05) is 12.5 Å². The Balaban J connectivity index is 1.45. The maximum atomic E-state index is 9.05. The summed E-state index contributed by atoms with van der Waals surface area (Å²) in [6, 6.07) is 11.9. The predicted molar refractivity (Wildman–Crippen MR) is 83.4 cm³/mol. The first-order chi connectivity index (χ1) is 10.8. The fourth-order valence-electron chi connectivity index (χ4n) is 3.18. The monoisotopic (exact) mass is 297 g/mol. The third-order valence-electron chi connectivity index (χ3n) is 4.32. The van der Waals surface area contributed by atoms with Gasteiger partial charge in [-0.2, -0.15) is 0 Å². The first-order valence-corrected chi connectivity index (χ1v) is 7.67. The van der Waals surface area contributed by atoms with Crippen LogP contribution in [0.25, 0.3) is 11.0 Å². The summed E-state index contributed by atoms with van der Waals surface area (Å²) in [4.78, 5) is 10.5. The molecule has 0 saturated carbocycles. The fourth-order valence-corrected chi connectivity index (χ4v) is 3.18. The molecule has 0 aliphatic carbocycles. The van der Waals surface area contributed by atoms with Crippen molar-refractivity contribution in [2.75, 3.05) is 13.1 Å². The van der Waals surface area contributed by atoms with Gasteiger partial charge in [-0.1, -0.05) is 12.1 Å². The van der Waals surface area contributed by atoms with Crippen molar-refractivity contribution in [3.8, 4) is 0 Å². The maximum Gasteiger partial charge on any atom is 0.129 e. The van der Waals surface area contributed by atoms with Crippen molar-refractivity contribution in [2.45, 2.75) is 25.5 Å². The highest BCUT2D eigenvalue weighted by atomic mass is 16.4. The van der Waals surface area contributed by atoms with E-state index < -0.39 is 0 Å². The Bertz CT molecular complexity index is 744. The van der Waals surface area contributed by atoms with Crippen LogP contribution in [0.4, 0.5) is 0 Å². The van der Waals surface area contributed by atoms with Crippen LogP contribution >= 0.6 is 0 Å². The molecular weight excluding hydrogens is 278 g/mol. The van der Waals surface area contributed by atoms with Gasteiger partial charge in [-0.25, -0.2) is 4.98 Å². The van der Waals surface area contributed by atoms with Crippen LogP contribution in [0.1, 0.15) is 29.7 Å².